The third kappa shape index (κ3) is 6.74. The molecule has 1 saturated heterocycles. The predicted octanol–water partition coefficient (Wildman–Crippen LogP) is 3.18. The van der Waals surface area contributed by atoms with Gasteiger partial charge < -0.3 is 15.5 Å². The van der Waals surface area contributed by atoms with E-state index >= 15 is 0 Å². The number of benzene rings is 1. The highest BCUT2D eigenvalue weighted by molar-refractivity contribution is 14.0. The highest BCUT2D eigenvalue weighted by atomic mass is 127. The fraction of sp³-hybridized carbons (Fsp3) is 0.579. The Morgan fingerprint density at radius 1 is 1.38 bits per heavy atom. The summed E-state index contributed by atoms with van der Waals surface area (Å²) >= 11 is 0. The minimum atomic E-state index is -0.362. The van der Waals surface area contributed by atoms with Gasteiger partial charge in [-0.25, -0.2) is 4.39 Å². The first kappa shape index (κ1) is 22.7. The maximum atomic E-state index is 13.5. The second-order valence-corrected chi connectivity index (χ2v) is 6.65. The molecule has 0 saturated carbocycles. The van der Waals surface area contributed by atoms with E-state index < -0.39 is 0 Å². The van der Waals surface area contributed by atoms with Crippen molar-refractivity contribution in [2.75, 3.05) is 32.7 Å². The number of rotatable bonds is 5. The van der Waals surface area contributed by atoms with E-state index in [1.165, 1.54) is 18.9 Å². The average molecular weight is 476 g/mol. The van der Waals surface area contributed by atoms with Crippen LogP contribution in [0.5, 0.6) is 0 Å². The van der Waals surface area contributed by atoms with E-state index in [-0.39, 0.29) is 35.7 Å². The number of likely N-dealkylation sites (tertiary alicyclic amines) is 1. The minimum absolute atomic E-state index is 0. The van der Waals surface area contributed by atoms with E-state index in [0.717, 1.165) is 25.6 Å². The van der Waals surface area contributed by atoms with Crippen LogP contribution in [0.25, 0.3) is 0 Å². The van der Waals surface area contributed by atoms with Crippen LogP contribution in [0.15, 0.2) is 23.2 Å². The van der Waals surface area contributed by atoms with Gasteiger partial charge in [0.05, 0.1) is 6.54 Å². The van der Waals surface area contributed by atoms with Crippen molar-refractivity contribution in [3.63, 3.8) is 0 Å². The molecule has 0 aromatic heterocycles. The monoisotopic (exact) mass is 476 g/mol. The molecule has 1 aliphatic rings. The van der Waals surface area contributed by atoms with Gasteiger partial charge in [0, 0.05) is 31.7 Å². The molecule has 1 aromatic rings. The van der Waals surface area contributed by atoms with Crippen molar-refractivity contribution < 1.29 is 9.18 Å². The first-order valence-electron chi connectivity index (χ1n) is 9.09. The summed E-state index contributed by atoms with van der Waals surface area (Å²) < 4.78 is 13.5. The number of amides is 1. The van der Waals surface area contributed by atoms with Gasteiger partial charge in [-0.2, -0.15) is 0 Å². The van der Waals surface area contributed by atoms with Gasteiger partial charge in [0.1, 0.15) is 5.82 Å². The van der Waals surface area contributed by atoms with Crippen LogP contribution in [0, 0.1) is 18.7 Å². The third-order valence-corrected chi connectivity index (χ3v) is 4.38. The molecule has 0 radical (unpaired) electrons. The summed E-state index contributed by atoms with van der Waals surface area (Å²) in [7, 11) is 0. The van der Waals surface area contributed by atoms with Gasteiger partial charge in [0.15, 0.2) is 5.96 Å². The average Bonchev–Trinajstić information content (AvgIpc) is 2.59. The quantitative estimate of drug-likeness (QED) is 0.297. The molecule has 2 rings (SSSR count). The van der Waals surface area contributed by atoms with E-state index in [4.69, 9.17) is 0 Å². The Morgan fingerprint density at radius 3 is 2.81 bits per heavy atom. The lowest BCUT2D eigenvalue weighted by Crippen LogP contribution is -2.46. The molecule has 1 heterocycles. The largest absolute Gasteiger partial charge is 0.357 e. The lowest BCUT2D eigenvalue weighted by molar-refractivity contribution is 0.0954. The van der Waals surface area contributed by atoms with Gasteiger partial charge >= 0.3 is 0 Å². The van der Waals surface area contributed by atoms with Crippen LogP contribution in [0.2, 0.25) is 0 Å². The Labute approximate surface area is 172 Å². The first-order chi connectivity index (χ1) is 12.0. The van der Waals surface area contributed by atoms with Gasteiger partial charge in [-0.1, -0.05) is 13.0 Å². The Morgan fingerprint density at radius 2 is 2.15 bits per heavy atom. The SMILES string of the molecule is CCNC(=NCCNC(=O)c1ccc(C)c(F)c1)N1CCCC(C)C1.I. The number of carbonyl (C=O) groups is 1. The zero-order valence-electron chi connectivity index (χ0n) is 15.8. The van der Waals surface area contributed by atoms with E-state index in [1.54, 1.807) is 19.1 Å². The fourth-order valence-electron chi connectivity index (χ4n) is 2.97. The zero-order chi connectivity index (χ0) is 18.2. The fourth-order valence-corrected chi connectivity index (χ4v) is 2.97. The van der Waals surface area contributed by atoms with Crippen molar-refractivity contribution in [2.45, 2.75) is 33.6 Å². The number of piperidine rings is 1. The van der Waals surface area contributed by atoms with Crippen LogP contribution in [0.1, 0.15) is 42.6 Å². The third-order valence-electron chi connectivity index (χ3n) is 4.38. The van der Waals surface area contributed by atoms with Crippen LogP contribution >= 0.6 is 24.0 Å². The Balaban J connectivity index is 0.00000338. The number of guanidine groups is 1. The van der Waals surface area contributed by atoms with Crippen LogP contribution in [-0.2, 0) is 0 Å². The number of halogens is 2. The van der Waals surface area contributed by atoms with Gasteiger partial charge in [0.25, 0.3) is 5.91 Å². The number of aliphatic imine (C=N–C) groups is 1. The number of nitrogens with zero attached hydrogens (tertiary/aromatic N) is 2. The Kier molecular flexibility index (Phi) is 9.90. The molecule has 1 amide bonds. The summed E-state index contributed by atoms with van der Waals surface area (Å²) in [4.78, 5) is 19.0. The minimum Gasteiger partial charge on any atom is -0.357 e. The summed E-state index contributed by atoms with van der Waals surface area (Å²) in [5.41, 5.74) is 0.871. The molecular formula is C19H30FIN4O. The van der Waals surface area contributed by atoms with Crippen LogP contribution in [0.4, 0.5) is 4.39 Å². The highest BCUT2D eigenvalue weighted by Gasteiger charge is 2.19. The standard InChI is InChI=1S/C19H29FN4O.HI/c1-4-21-19(24-11-5-6-14(2)13-24)23-10-9-22-18(25)16-8-7-15(3)17(20)12-16;/h7-8,12,14H,4-6,9-11,13H2,1-3H3,(H,21,23)(H,22,25);1H. The van der Waals surface area contributed by atoms with Crippen LogP contribution < -0.4 is 10.6 Å². The lowest BCUT2D eigenvalue weighted by atomic mass is 10.0. The van der Waals surface area contributed by atoms with Crippen LogP contribution in [-0.4, -0.2) is 49.5 Å². The van der Waals surface area contributed by atoms with Crippen molar-refractivity contribution in [1.82, 2.24) is 15.5 Å². The van der Waals surface area contributed by atoms with E-state index in [1.807, 2.05) is 0 Å². The van der Waals surface area contributed by atoms with Crippen molar-refractivity contribution in [2.24, 2.45) is 10.9 Å². The molecule has 1 aliphatic heterocycles. The maximum Gasteiger partial charge on any atom is 0.251 e. The summed E-state index contributed by atoms with van der Waals surface area (Å²) in [6.07, 6.45) is 2.44. The second kappa shape index (κ2) is 11.4. The molecule has 0 bridgehead atoms. The number of nitrogens with one attached hydrogen (secondary N) is 2. The summed E-state index contributed by atoms with van der Waals surface area (Å²) in [6.45, 7) is 9.76. The number of hydrogen-bond donors (Lipinski definition) is 2. The van der Waals surface area contributed by atoms with Crippen molar-refractivity contribution in [3.8, 4) is 0 Å². The van der Waals surface area contributed by atoms with E-state index in [0.29, 0.717) is 30.1 Å². The van der Waals surface area contributed by atoms with Gasteiger partial charge in [-0.3, -0.25) is 9.79 Å². The molecule has 0 spiro atoms. The summed E-state index contributed by atoms with van der Waals surface area (Å²) in [5.74, 6) is 0.948. The number of carbonyl (C=O) groups excluding carboxylic acids is 1. The topological polar surface area (TPSA) is 56.7 Å². The molecule has 1 atom stereocenters. The molecule has 2 N–H and O–H groups in total. The number of hydrogen-bond acceptors (Lipinski definition) is 2. The predicted molar refractivity (Wildman–Crippen MR) is 115 cm³/mol. The molecule has 146 valence electrons. The van der Waals surface area contributed by atoms with E-state index in [9.17, 15) is 9.18 Å². The zero-order valence-corrected chi connectivity index (χ0v) is 18.2. The van der Waals surface area contributed by atoms with Gasteiger partial charge in [0.2, 0.25) is 0 Å². The summed E-state index contributed by atoms with van der Waals surface area (Å²) in [6, 6.07) is 4.52. The van der Waals surface area contributed by atoms with Gasteiger partial charge in [-0.05, 0) is 50.3 Å². The molecule has 1 unspecified atom stereocenters. The van der Waals surface area contributed by atoms with Crippen molar-refractivity contribution in [1.29, 1.82) is 0 Å². The van der Waals surface area contributed by atoms with Crippen molar-refractivity contribution >= 4 is 35.8 Å². The molecule has 5 nitrogen and oxygen atoms in total. The number of aryl methyl sites for hydroxylation is 1. The normalized spacial score (nSPS) is 17.5. The first-order valence-corrected chi connectivity index (χ1v) is 9.09. The lowest BCUT2D eigenvalue weighted by Gasteiger charge is -2.33. The molecule has 7 heteroatoms. The summed E-state index contributed by atoms with van der Waals surface area (Å²) in [5, 5.41) is 6.12. The van der Waals surface area contributed by atoms with Gasteiger partial charge in [-0.15, -0.1) is 24.0 Å². The Hall–Kier alpha value is -1.38. The maximum absolute atomic E-state index is 13.5. The molecule has 26 heavy (non-hydrogen) atoms. The molecule has 0 aliphatic carbocycles. The molecule has 1 aromatic carbocycles. The highest BCUT2D eigenvalue weighted by Crippen LogP contribution is 2.15. The molecular weight excluding hydrogens is 446 g/mol. The van der Waals surface area contributed by atoms with Crippen LogP contribution in [0.3, 0.4) is 0 Å². The van der Waals surface area contributed by atoms with E-state index in [2.05, 4.69) is 34.4 Å². The second-order valence-electron chi connectivity index (χ2n) is 6.65. The molecule has 1 fully saturated rings. The smallest absolute Gasteiger partial charge is 0.251 e. The Bertz CT molecular complexity index is 624. The van der Waals surface area contributed by atoms with Crippen molar-refractivity contribution in [3.05, 3.63) is 35.1 Å².